The molecule has 4 nitrogen and oxygen atoms in total. The first kappa shape index (κ1) is 11.0. The molecule has 1 rings (SSSR count). The second kappa shape index (κ2) is 4.43. The quantitative estimate of drug-likeness (QED) is 0.764. The van der Waals surface area contributed by atoms with E-state index < -0.39 is 11.9 Å². The van der Waals surface area contributed by atoms with E-state index in [0.29, 0.717) is 10.0 Å². The molecule has 0 aromatic heterocycles. The third kappa shape index (κ3) is 2.05. The van der Waals surface area contributed by atoms with Gasteiger partial charge in [0.1, 0.15) is 5.75 Å². The molecule has 0 spiro atoms. The number of carboxylic acids is 1. The molecule has 1 unspecified atom stereocenters. The summed E-state index contributed by atoms with van der Waals surface area (Å²) in [6, 6.07) is 4.68. The first-order chi connectivity index (χ1) is 6.57. The van der Waals surface area contributed by atoms with Crippen LogP contribution < -0.4 is 5.73 Å². The fraction of sp³-hybridized carbons (Fsp3) is 0.222. The van der Waals surface area contributed by atoms with Crippen molar-refractivity contribution in [3.63, 3.8) is 0 Å². The summed E-state index contributed by atoms with van der Waals surface area (Å²) in [4.78, 5) is 10.8. The van der Waals surface area contributed by atoms with Crippen LogP contribution in [0.1, 0.15) is 11.5 Å². The van der Waals surface area contributed by atoms with Gasteiger partial charge in [-0.25, -0.2) is 0 Å². The van der Waals surface area contributed by atoms with Crippen LogP contribution in [0.15, 0.2) is 22.7 Å². The Kier molecular flexibility index (Phi) is 3.49. The number of nitrogens with two attached hydrogens (primary N) is 1. The fourth-order valence-corrected chi connectivity index (χ4v) is 1.71. The summed E-state index contributed by atoms with van der Waals surface area (Å²) in [5.41, 5.74) is 5.83. The van der Waals surface area contributed by atoms with Gasteiger partial charge in [-0.3, -0.25) is 4.79 Å². The summed E-state index contributed by atoms with van der Waals surface area (Å²) in [6.45, 7) is -0.00259. The van der Waals surface area contributed by atoms with Crippen molar-refractivity contribution in [2.75, 3.05) is 6.54 Å². The molecule has 1 atom stereocenters. The molecule has 5 heteroatoms. The number of carbonyl (C=O) groups is 1. The topological polar surface area (TPSA) is 83.6 Å². The maximum atomic E-state index is 10.8. The van der Waals surface area contributed by atoms with E-state index in [1.807, 2.05) is 0 Å². The molecule has 0 bridgehead atoms. The molecule has 0 saturated heterocycles. The highest BCUT2D eigenvalue weighted by Crippen LogP contribution is 2.31. The Morgan fingerprint density at radius 3 is 2.71 bits per heavy atom. The van der Waals surface area contributed by atoms with Crippen molar-refractivity contribution in [2.24, 2.45) is 5.73 Å². The molecule has 0 radical (unpaired) electrons. The number of aromatic hydroxyl groups is 1. The molecule has 0 amide bonds. The van der Waals surface area contributed by atoms with Gasteiger partial charge in [0.25, 0.3) is 0 Å². The number of benzene rings is 1. The van der Waals surface area contributed by atoms with Crippen LogP contribution in [0.25, 0.3) is 0 Å². The Balaban J connectivity index is 3.16. The zero-order valence-electron chi connectivity index (χ0n) is 7.27. The van der Waals surface area contributed by atoms with Crippen molar-refractivity contribution in [3.8, 4) is 5.75 Å². The van der Waals surface area contributed by atoms with E-state index in [9.17, 15) is 9.90 Å². The molecular formula is C9H10BrNO3. The number of carboxylic acid groups (broad SMARTS) is 1. The summed E-state index contributed by atoms with van der Waals surface area (Å²) in [5.74, 6) is -1.78. The third-order valence-corrected chi connectivity index (χ3v) is 2.78. The molecule has 0 aliphatic heterocycles. The van der Waals surface area contributed by atoms with E-state index in [1.54, 1.807) is 12.1 Å². The first-order valence-corrected chi connectivity index (χ1v) is 4.77. The zero-order valence-corrected chi connectivity index (χ0v) is 8.86. The lowest BCUT2D eigenvalue weighted by molar-refractivity contribution is -0.138. The van der Waals surface area contributed by atoms with E-state index >= 15 is 0 Å². The molecule has 1 aromatic rings. The van der Waals surface area contributed by atoms with Gasteiger partial charge in [0.05, 0.1) is 10.4 Å². The van der Waals surface area contributed by atoms with Gasteiger partial charge in [0.2, 0.25) is 0 Å². The van der Waals surface area contributed by atoms with Crippen molar-refractivity contribution in [2.45, 2.75) is 5.92 Å². The lowest BCUT2D eigenvalue weighted by Crippen LogP contribution is -2.21. The highest BCUT2D eigenvalue weighted by atomic mass is 79.9. The van der Waals surface area contributed by atoms with Crippen LogP contribution in [-0.2, 0) is 4.79 Å². The van der Waals surface area contributed by atoms with Gasteiger partial charge < -0.3 is 15.9 Å². The van der Waals surface area contributed by atoms with Crippen LogP contribution >= 0.6 is 15.9 Å². The van der Waals surface area contributed by atoms with Crippen LogP contribution in [-0.4, -0.2) is 22.7 Å². The minimum atomic E-state index is -1.00. The van der Waals surface area contributed by atoms with Crippen LogP contribution in [0.3, 0.4) is 0 Å². The first-order valence-electron chi connectivity index (χ1n) is 3.98. The molecule has 0 saturated carbocycles. The summed E-state index contributed by atoms with van der Waals surface area (Å²) >= 11 is 3.12. The number of hydrogen-bond acceptors (Lipinski definition) is 3. The molecule has 0 fully saturated rings. The van der Waals surface area contributed by atoms with Crippen molar-refractivity contribution in [3.05, 3.63) is 28.2 Å². The lowest BCUT2D eigenvalue weighted by atomic mass is 9.99. The molecule has 0 aliphatic carbocycles. The van der Waals surface area contributed by atoms with Gasteiger partial charge in [0.15, 0.2) is 0 Å². The number of rotatable bonds is 3. The van der Waals surface area contributed by atoms with Gasteiger partial charge in [-0.1, -0.05) is 12.1 Å². The lowest BCUT2D eigenvalue weighted by Gasteiger charge is -2.12. The summed E-state index contributed by atoms with van der Waals surface area (Å²) < 4.78 is 0.387. The SMILES string of the molecule is NCC(C(=O)O)c1cccc(O)c1Br. The van der Waals surface area contributed by atoms with Crippen LogP contribution in [0.5, 0.6) is 5.75 Å². The highest BCUT2D eigenvalue weighted by molar-refractivity contribution is 9.10. The van der Waals surface area contributed by atoms with Crippen LogP contribution in [0, 0.1) is 0 Å². The summed E-state index contributed by atoms with van der Waals surface area (Å²) in [7, 11) is 0. The Labute approximate surface area is 89.5 Å². The van der Waals surface area contributed by atoms with Crippen molar-refractivity contribution in [1.29, 1.82) is 0 Å². The second-order valence-electron chi connectivity index (χ2n) is 2.81. The molecule has 1 aromatic carbocycles. The second-order valence-corrected chi connectivity index (χ2v) is 3.60. The Morgan fingerprint density at radius 2 is 2.21 bits per heavy atom. The van der Waals surface area contributed by atoms with Gasteiger partial charge in [0, 0.05) is 6.54 Å². The van der Waals surface area contributed by atoms with E-state index in [4.69, 9.17) is 10.8 Å². The number of phenols is 1. The molecule has 0 heterocycles. The average molecular weight is 260 g/mol. The van der Waals surface area contributed by atoms with E-state index in [-0.39, 0.29) is 12.3 Å². The Morgan fingerprint density at radius 1 is 1.57 bits per heavy atom. The van der Waals surface area contributed by atoms with E-state index in [1.165, 1.54) is 6.07 Å². The smallest absolute Gasteiger partial charge is 0.312 e. The molecule has 4 N–H and O–H groups in total. The van der Waals surface area contributed by atoms with Crippen molar-refractivity contribution in [1.82, 2.24) is 0 Å². The van der Waals surface area contributed by atoms with Crippen molar-refractivity contribution >= 4 is 21.9 Å². The number of aliphatic carboxylic acids is 1. The van der Waals surface area contributed by atoms with Crippen LogP contribution in [0.2, 0.25) is 0 Å². The van der Waals surface area contributed by atoms with Gasteiger partial charge in [-0.05, 0) is 27.6 Å². The van der Waals surface area contributed by atoms with Crippen molar-refractivity contribution < 1.29 is 15.0 Å². The van der Waals surface area contributed by atoms with Crippen LogP contribution in [0.4, 0.5) is 0 Å². The third-order valence-electron chi connectivity index (χ3n) is 1.92. The van der Waals surface area contributed by atoms with Gasteiger partial charge >= 0.3 is 5.97 Å². The predicted octanol–water partition coefficient (Wildman–Crippen LogP) is 1.28. The normalized spacial score (nSPS) is 12.4. The highest BCUT2D eigenvalue weighted by Gasteiger charge is 2.21. The molecule has 76 valence electrons. The minimum absolute atomic E-state index is 0.00259. The molecule has 14 heavy (non-hydrogen) atoms. The Hall–Kier alpha value is -1.07. The minimum Gasteiger partial charge on any atom is -0.507 e. The standard InChI is InChI=1S/C9H10BrNO3/c10-8-5(2-1-3-7(8)12)6(4-11)9(13)14/h1-3,6,12H,4,11H2,(H,13,14). The zero-order chi connectivity index (χ0) is 10.7. The van der Waals surface area contributed by atoms with Gasteiger partial charge in [-0.15, -0.1) is 0 Å². The predicted molar refractivity (Wildman–Crippen MR) is 55.2 cm³/mol. The maximum Gasteiger partial charge on any atom is 0.312 e. The summed E-state index contributed by atoms with van der Waals surface area (Å²) in [6.07, 6.45) is 0. The number of halogens is 1. The van der Waals surface area contributed by atoms with Gasteiger partial charge in [-0.2, -0.15) is 0 Å². The molecular weight excluding hydrogens is 250 g/mol. The largest absolute Gasteiger partial charge is 0.507 e. The maximum absolute atomic E-state index is 10.8. The number of phenolic OH excluding ortho intramolecular Hbond substituents is 1. The Bertz CT molecular complexity index is 354. The molecule has 0 aliphatic rings. The van der Waals surface area contributed by atoms with E-state index in [2.05, 4.69) is 15.9 Å². The average Bonchev–Trinajstić information content (AvgIpc) is 2.13. The monoisotopic (exact) mass is 259 g/mol. The van der Waals surface area contributed by atoms with E-state index in [0.717, 1.165) is 0 Å². The summed E-state index contributed by atoms with van der Waals surface area (Å²) in [5, 5.41) is 18.2. The fourth-order valence-electron chi connectivity index (χ4n) is 1.17. The number of hydrogen-bond donors (Lipinski definition) is 3.